The number of ether oxygens (including phenoxy) is 1. The number of nitrogens with zero attached hydrogens (tertiary/aromatic N) is 4. The van der Waals surface area contributed by atoms with Gasteiger partial charge in [-0.15, -0.1) is 24.0 Å². The van der Waals surface area contributed by atoms with Crippen molar-refractivity contribution in [3.05, 3.63) is 23.9 Å². The Bertz CT molecular complexity index is 509. The molecule has 1 atom stereocenters. The summed E-state index contributed by atoms with van der Waals surface area (Å²) in [5.74, 6) is 2.50. The minimum absolute atomic E-state index is 0. The molecule has 1 aromatic heterocycles. The molecule has 0 radical (unpaired) electrons. The molecule has 6 nitrogen and oxygen atoms in total. The molecule has 0 aromatic carbocycles. The number of rotatable bonds is 5. The smallest absolute Gasteiger partial charge is 0.193 e. The molecule has 2 rings (SSSR count). The lowest BCUT2D eigenvalue weighted by Crippen LogP contribution is -2.40. The molecule has 130 valence electrons. The Kier molecular flexibility index (Phi) is 8.60. The number of guanidine groups is 1. The van der Waals surface area contributed by atoms with Gasteiger partial charge in [0.2, 0.25) is 0 Å². The van der Waals surface area contributed by atoms with Crippen LogP contribution in [0.1, 0.15) is 12.1 Å². The summed E-state index contributed by atoms with van der Waals surface area (Å²) in [6.07, 6.45) is 1.16. The number of aromatic nitrogens is 1. The summed E-state index contributed by atoms with van der Waals surface area (Å²) in [4.78, 5) is 13.3. The van der Waals surface area contributed by atoms with E-state index >= 15 is 0 Å². The Morgan fingerprint density at radius 3 is 2.91 bits per heavy atom. The van der Waals surface area contributed by atoms with Crippen LogP contribution in [0.15, 0.2) is 23.2 Å². The third kappa shape index (κ3) is 5.80. The average Bonchev–Trinajstić information content (AvgIpc) is 2.97. The maximum atomic E-state index is 5.25. The lowest BCUT2D eigenvalue weighted by molar-refractivity contribution is 0.157. The summed E-state index contributed by atoms with van der Waals surface area (Å²) in [6, 6.07) is 6.08. The lowest BCUT2D eigenvalue weighted by atomic mass is 10.1. The second kappa shape index (κ2) is 9.92. The zero-order chi connectivity index (χ0) is 15.9. The van der Waals surface area contributed by atoms with E-state index < -0.39 is 0 Å². The summed E-state index contributed by atoms with van der Waals surface area (Å²) in [6.45, 7) is 3.53. The van der Waals surface area contributed by atoms with Crippen LogP contribution in [0.25, 0.3) is 0 Å². The SMILES string of the molecule is CN=C(NCc1cccc(N(C)C)n1)N1CCC(COC)C1.I. The first-order chi connectivity index (χ1) is 10.6. The van der Waals surface area contributed by atoms with Gasteiger partial charge >= 0.3 is 0 Å². The number of halogens is 1. The zero-order valence-corrected chi connectivity index (χ0v) is 16.8. The fourth-order valence-electron chi connectivity index (χ4n) is 2.71. The van der Waals surface area contributed by atoms with Crippen molar-refractivity contribution in [2.45, 2.75) is 13.0 Å². The van der Waals surface area contributed by atoms with Crippen LogP contribution in [0.5, 0.6) is 0 Å². The molecule has 1 aliphatic rings. The molecule has 1 fully saturated rings. The van der Waals surface area contributed by atoms with Crippen molar-refractivity contribution in [3.63, 3.8) is 0 Å². The van der Waals surface area contributed by atoms with Crippen molar-refractivity contribution < 1.29 is 4.74 Å². The van der Waals surface area contributed by atoms with Crippen LogP contribution in [0.3, 0.4) is 0 Å². The highest BCUT2D eigenvalue weighted by molar-refractivity contribution is 14.0. The number of anilines is 1. The maximum absolute atomic E-state index is 5.25. The normalized spacial score (nSPS) is 17.8. The number of aliphatic imine (C=N–C) groups is 1. The molecule has 1 aromatic rings. The van der Waals surface area contributed by atoms with E-state index in [1.54, 1.807) is 7.11 Å². The van der Waals surface area contributed by atoms with E-state index in [1.165, 1.54) is 0 Å². The first kappa shape index (κ1) is 20.0. The predicted molar refractivity (Wildman–Crippen MR) is 106 cm³/mol. The molecule has 2 heterocycles. The van der Waals surface area contributed by atoms with Crippen LogP contribution in [-0.4, -0.2) is 63.8 Å². The highest BCUT2D eigenvalue weighted by Gasteiger charge is 2.24. The maximum Gasteiger partial charge on any atom is 0.193 e. The number of likely N-dealkylation sites (tertiary alicyclic amines) is 1. The minimum Gasteiger partial charge on any atom is -0.384 e. The molecule has 1 aliphatic heterocycles. The highest BCUT2D eigenvalue weighted by Crippen LogP contribution is 2.16. The van der Waals surface area contributed by atoms with Gasteiger partial charge in [-0.1, -0.05) is 6.07 Å². The Morgan fingerprint density at radius 2 is 2.26 bits per heavy atom. The number of hydrogen-bond donors (Lipinski definition) is 1. The van der Waals surface area contributed by atoms with Crippen molar-refractivity contribution in [1.82, 2.24) is 15.2 Å². The molecule has 7 heteroatoms. The first-order valence-electron chi connectivity index (χ1n) is 7.71. The first-order valence-corrected chi connectivity index (χ1v) is 7.71. The second-order valence-electron chi connectivity index (χ2n) is 5.84. The van der Waals surface area contributed by atoms with Crippen LogP contribution in [0.2, 0.25) is 0 Å². The van der Waals surface area contributed by atoms with Gasteiger partial charge in [-0.2, -0.15) is 0 Å². The molecule has 0 spiro atoms. The quantitative estimate of drug-likeness (QED) is 0.436. The summed E-state index contributed by atoms with van der Waals surface area (Å²) in [7, 11) is 7.59. The van der Waals surface area contributed by atoms with Crippen molar-refractivity contribution in [2.75, 3.05) is 52.8 Å². The predicted octanol–water partition coefficient (Wildman–Crippen LogP) is 1.81. The fraction of sp³-hybridized carbons (Fsp3) is 0.625. The summed E-state index contributed by atoms with van der Waals surface area (Å²) < 4.78 is 5.25. The van der Waals surface area contributed by atoms with Gasteiger partial charge in [-0.05, 0) is 18.6 Å². The van der Waals surface area contributed by atoms with Crippen LogP contribution in [0, 0.1) is 5.92 Å². The molecule has 1 unspecified atom stereocenters. The number of methoxy groups -OCH3 is 1. The lowest BCUT2D eigenvalue weighted by Gasteiger charge is -2.21. The van der Waals surface area contributed by atoms with Crippen LogP contribution < -0.4 is 10.2 Å². The van der Waals surface area contributed by atoms with E-state index in [2.05, 4.69) is 20.2 Å². The van der Waals surface area contributed by atoms with E-state index in [0.29, 0.717) is 12.5 Å². The van der Waals surface area contributed by atoms with Crippen molar-refractivity contribution in [1.29, 1.82) is 0 Å². The number of nitrogens with one attached hydrogen (secondary N) is 1. The van der Waals surface area contributed by atoms with E-state index in [1.807, 2.05) is 44.2 Å². The molecule has 23 heavy (non-hydrogen) atoms. The fourth-order valence-corrected chi connectivity index (χ4v) is 2.71. The zero-order valence-electron chi connectivity index (χ0n) is 14.5. The van der Waals surface area contributed by atoms with Crippen molar-refractivity contribution in [3.8, 4) is 0 Å². The Morgan fingerprint density at radius 1 is 1.48 bits per heavy atom. The molecule has 0 saturated carbocycles. The number of hydrogen-bond acceptors (Lipinski definition) is 4. The Hall–Kier alpha value is -1.09. The summed E-state index contributed by atoms with van der Waals surface area (Å²) >= 11 is 0. The average molecular weight is 433 g/mol. The topological polar surface area (TPSA) is 53.0 Å². The summed E-state index contributed by atoms with van der Waals surface area (Å²) in [5.41, 5.74) is 1.01. The monoisotopic (exact) mass is 433 g/mol. The Labute approximate surface area is 156 Å². The van der Waals surface area contributed by atoms with Crippen LogP contribution in [-0.2, 0) is 11.3 Å². The van der Waals surface area contributed by atoms with E-state index in [0.717, 1.165) is 43.6 Å². The highest BCUT2D eigenvalue weighted by atomic mass is 127. The molecule has 0 amide bonds. The van der Waals surface area contributed by atoms with Gasteiger partial charge in [0.05, 0.1) is 18.8 Å². The van der Waals surface area contributed by atoms with Crippen molar-refractivity contribution in [2.24, 2.45) is 10.9 Å². The third-order valence-electron chi connectivity index (χ3n) is 3.88. The number of pyridine rings is 1. The largest absolute Gasteiger partial charge is 0.384 e. The standard InChI is InChI=1S/C16H27N5O.HI/c1-17-16(21-9-8-13(11-21)12-22-4)18-10-14-6-5-7-15(19-14)20(2)3;/h5-7,13H,8-12H2,1-4H3,(H,17,18);1H. The van der Waals surface area contributed by atoms with Gasteiger partial charge in [0.15, 0.2) is 5.96 Å². The van der Waals surface area contributed by atoms with E-state index in [-0.39, 0.29) is 24.0 Å². The van der Waals surface area contributed by atoms with Gasteiger partial charge in [0.1, 0.15) is 5.82 Å². The second-order valence-corrected chi connectivity index (χ2v) is 5.84. The van der Waals surface area contributed by atoms with E-state index in [9.17, 15) is 0 Å². The molecular formula is C16H28IN5O. The van der Waals surface area contributed by atoms with Gasteiger partial charge in [-0.3, -0.25) is 4.99 Å². The molecular weight excluding hydrogens is 405 g/mol. The van der Waals surface area contributed by atoms with Gasteiger partial charge < -0.3 is 19.9 Å². The molecule has 0 aliphatic carbocycles. The summed E-state index contributed by atoms with van der Waals surface area (Å²) in [5, 5.41) is 3.41. The van der Waals surface area contributed by atoms with Crippen LogP contribution >= 0.6 is 24.0 Å². The van der Waals surface area contributed by atoms with Crippen molar-refractivity contribution >= 4 is 35.8 Å². The molecule has 1 saturated heterocycles. The van der Waals surface area contributed by atoms with Crippen LogP contribution in [0.4, 0.5) is 5.82 Å². The molecule has 0 bridgehead atoms. The molecule has 1 N–H and O–H groups in total. The van der Waals surface area contributed by atoms with Gasteiger partial charge in [0.25, 0.3) is 0 Å². The van der Waals surface area contributed by atoms with Gasteiger partial charge in [0, 0.05) is 47.3 Å². The third-order valence-corrected chi connectivity index (χ3v) is 3.88. The Balaban J connectivity index is 0.00000264. The minimum atomic E-state index is 0. The van der Waals surface area contributed by atoms with E-state index in [4.69, 9.17) is 4.74 Å². The van der Waals surface area contributed by atoms with Gasteiger partial charge in [-0.25, -0.2) is 4.98 Å².